The highest BCUT2D eigenvalue weighted by Crippen LogP contribution is 2.37. The molecule has 0 spiro atoms. The Labute approximate surface area is 101 Å². The molecule has 1 aliphatic heterocycles. The van der Waals surface area contributed by atoms with Gasteiger partial charge in [-0.1, -0.05) is 12.1 Å². The molecule has 2 rings (SSSR count). The third kappa shape index (κ3) is 2.35. The van der Waals surface area contributed by atoms with E-state index in [2.05, 4.69) is 5.32 Å². The smallest absolute Gasteiger partial charge is 0.220 e. The molecule has 1 fully saturated rings. The van der Waals surface area contributed by atoms with Gasteiger partial charge in [-0.15, -0.1) is 0 Å². The quantitative estimate of drug-likeness (QED) is 0.864. The highest BCUT2D eigenvalue weighted by atomic mass is 16.5. The first-order valence-electron chi connectivity index (χ1n) is 5.82. The monoisotopic (exact) mass is 235 g/mol. The van der Waals surface area contributed by atoms with Crippen LogP contribution in [0.1, 0.15) is 24.8 Å². The van der Waals surface area contributed by atoms with Crippen LogP contribution in [-0.4, -0.2) is 26.2 Å². The van der Waals surface area contributed by atoms with Crippen LogP contribution in [0.2, 0.25) is 0 Å². The molecule has 0 radical (unpaired) electrons. The number of hydrogen-bond acceptors (Lipinski definition) is 3. The summed E-state index contributed by atoms with van der Waals surface area (Å²) in [4.78, 5) is 11.3. The van der Waals surface area contributed by atoms with Crippen molar-refractivity contribution < 1.29 is 14.3 Å². The van der Waals surface area contributed by atoms with Gasteiger partial charge in [0, 0.05) is 24.4 Å². The summed E-state index contributed by atoms with van der Waals surface area (Å²) >= 11 is 0. The lowest BCUT2D eigenvalue weighted by atomic mass is 9.97. The van der Waals surface area contributed by atoms with E-state index < -0.39 is 0 Å². The molecule has 1 N–H and O–H groups in total. The van der Waals surface area contributed by atoms with Crippen molar-refractivity contribution in [2.75, 3.05) is 20.3 Å². The van der Waals surface area contributed by atoms with Crippen LogP contribution in [0.4, 0.5) is 0 Å². The Morgan fingerprint density at radius 2 is 2.29 bits per heavy atom. The largest absolute Gasteiger partial charge is 0.493 e. The van der Waals surface area contributed by atoms with Crippen LogP contribution in [0.15, 0.2) is 18.2 Å². The minimum absolute atomic E-state index is 0.0962. The first kappa shape index (κ1) is 11.8. The van der Waals surface area contributed by atoms with Gasteiger partial charge in [0.25, 0.3) is 0 Å². The van der Waals surface area contributed by atoms with Gasteiger partial charge in [0.1, 0.15) is 0 Å². The average Bonchev–Trinajstić information content (AvgIpc) is 2.76. The molecule has 1 unspecified atom stereocenters. The molecule has 1 heterocycles. The van der Waals surface area contributed by atoms with Crippen molar-refractivity contribution in [3.05, 3.63) is 23.8 Å². The lowest BCUT2D eigenvalue weighted by Gasteiger charge is -2.16. The highest BCUT2D eigenvalue weighted by Gasteiger charge is 2.26. The molecule has 0 aliphatic carbocycles. The molecule has 1 amide bonds. The number of carbonyl (C=O) groups excluding carboxylic acids is 1. The minimum Gasteiger partial charge on any atom is -0.493 e. The maximum Gasteiger partial charge on any atom is 0.220 e. The number of methoxy groups -OCH3 is 1. The van der Waals surface area contributed by atoms with Crippen LogP contribution in [0, 0.1) is 0 Å². The van der Waals surface area contributed by atoms with Gasteiger partial charge >= 0.3 is 0 Å². The topological polar surface area (TPSA) is 47.6 Å². The van der Waals surface area contributed by atoms with Crippen LogP contribution in [0.25, 0.3) is 0 Å². The molecule has 0 saturated carbocycles. The van der Waals surface area contributed by atoms with E-state index in [1.807, 2.05) is 25.1 Å². The summed E-state index contributed by atoms with van der Waals surface area (Å²) in [7, 11) is 1.63. The fourth-order valence-electron chi connectivity index (χ4n) is 2.17. The third-order valence-corrected chi connectivity index (χ3v) is 2.93. The zero-order valence-electron chi connectivity index (χ0n) is 10.2. The molecule has 1 aliphatic rings. The fraction of sp³-hybridized carbons (Fsp3) is 0.462. The molecule has 0 bridgehead atoms. The summed E-state index contributed by atoms with van der Waals surface area (Å²) in [5, 5.41) is 2.84. The van der Waals surface area contributed by atoms with Gasteiger partial charge in [-0.05, 0) is 13.0 Å². The van der Waals surface area contributed by atoms with Crippen molar-refractivity contribution in [2.24, 2.45) is 0 Å². The lowest BCUT2D eigenvalue weighted by Crippen LogP contribution is -2.13. The normalized spacial score (nSPS) is 18.9. The summed E-state index contributed by atoms with van der Waals surface area (Å²) in [6.45, 7) is 3.21. The molecule has 1 aromatic rings. The van der Waals surface area contributed by atoms with Gasteiger partial charge in [-0.2, -0.15) is 0 Å². The number of nitrogens with one attached hydrogen (secondary N) is 1. The second-order valence-corrected chi connectivity index (χ2v) is 4.02. The van der Waals surface area contributed by atoms with Crippen molar-refractivity contribution in [3.8, 4) is 11.5 Å². The van der Waals surface area contributed by atoms with Crippen LogP contribution in [0.3, 0.4) is 0 Å². The molecule has 4 nitrogen and oxygen atoms in total. The average molecular weight is 235 g/mol. The van der Waals surface area contributed by atoms with E-state index in [0.29, 0.717) is 19.6 Å². The zero-order chi connectivity index (χ0) is 12.3. The standard InChI is InChI=1S/C13H17NO3/c1-3-17-11-6-4-5-10(13(11)16-2)9-7-12(15)14-8-9/h4-6,9H,3,7-8H2,1-2H3,(H,14,15). The Hall–Kier alpha value is -1.71. The van der Waals surface area contributed by atoms with E-state index in [1.54, 1.807) is 7.11 Å². The van der Waals surface area contributed by atoms with Gasteiger partial charge in [-0.3, -0.25) is 4.79 Å². The predicted octanol–water partition coefficient (Wildman–Crippen LogP) is 1.70. The highest BCUT2D eigenvalue weighted by molar-refractivity contribution is 5.79. The minimum atomic E-state index is 0.0962. The molecular weight excluding hydrogens is 218 g/mol. The molecule has 0 aromatic heterocycles. The van der Waals surface area contributed by atoms with Gasteiger partial charge in [-0.25, -0.2) is 0 Å². The van der Waals surface area contributed by atoms with Gasteiger partial charge in [0.2, 0.25) is 5.91 Å². The van der Waals surface area contributed by atoms with Crippen molar-refractivity contribution in [1.82, 2.24) is 5.32 Å². The number of carbonyl (C=O) groups is 1. The molecular formula is C13H17NO3. The van der Waals surface area contributed by atoms with E-state index in [0.717, 1.165) is 17.1 Å². The Morgan fingerprint density at radius 1 is 1.47 bits per heavy atom. The third-order valence-electron chi connectivity index (χ3n) is 2.93. The number of rotatable bonds is 4. The summed E-state index contributed by atoms with van der Waals surface area (Å²) < 4.78 is 10.9. The van der Waals surface area contributed by atoms with Crippen LogP contribution in [0.5, 0.6) is 11.5 Å². The van der Waals surface area contributed by atoms with Gasteiger partial charge in [0.15, 0.2) is 11.5 Å². The van der Waals surface area contributed by atoms with Gasteiger partial charge in [0.05, 0.1) is 13.7 Å². The van der Waals surface area contributed by atoms with E-state index in [9.17, 15) is 4.79 Å². The molecule has 1 saturated heterocycles. The molecule has 92 valence electrons. The van der Waals surface area contributed by atoms with Crippen molar-refractivity contribution in [1.29, 1.82) is 0 Å². The van der Waals surface area contributed by atoms with Crippen LogP contribution in [-0.2, 0) is 4.79 Å². The Morgan fingerprint density at radius 3 is 2.88 bits per heavy atom. The number of hydrogen-bond donors (Lipinski definition) is 1. The second-order valence-electron chi connectivity index (χ2n) is 4.02. The summed E-state index contributed by atoms with van der Waals surface area (Å²) in [6, 6.07) is 5.81. The SMILES string of the molecule is CCOc1cccc(C2CNC(=O)C2)c1OC. The van der Waals surface area contributed by atoms with Crippen molar-refractivity contribution >= 4 is 5.91 Å². The zero-order valence-corrected chi connectivity index (χ0v) is 10.2. The number of benzene rings is 1. The van der Waals surface area contributed by atoms with E-state index >= 15 is 0 Å². The maximum atomic E-state index is 11.3. The maximum absolute atomic E-state index is 11.3. The van der Waals surface area contributed by atoms with Crippen LogP contribution >= 0.6 is 0 Å². The molecule has 4 heteroatoms. The Balaban J connectivity index is 2.32. The first-order valence-corrected chi connectivity index (χ1v) is 5.82. The summed E-state index contributed by atoms with van der Waals surface area (Å²) in [5.41, 5.74) is 1.04. The Kier molecular flexibility index (Phi) is 3.52. The van der Waals surface area contributed by atoms with E-state index in [4.69, 9.17) is 9.47 Å². The summed E-state index contributed by atoms with van der Waals surface area (Å²) in [6.07, 6.45) is 0.520. The molecule has 1 aromatic carbocycles. The Bertz CT molecular complexity index is 417. The fourth-order valence-corrected chi connectivity index (χ4v) is 2.17. The number of para-hydroxylation sites is 1. The molecule has 1 atom stereocenters. The van der Waals surface area contributed by atoms with Crippen molar-refractivity contribution in [2.45, 2.75) is 19.3 Å². The lowest BCUT2D eigenvalue weighted by molar-refractivity contribution is -0.119. The van der Waals surface area contributed by atoms with E-state index in [-0.39, 0.29) is 11.8 Å². The van der Waals surface area contributed by atoms with Gasteiger partial charge < -0.3 is 14.8 Å². The predicted molar refractivity (Wildman–Crippen MR) is 64.5 cm³/mol. The molecule has 17 heavy (non-hydrogen) atoms. The van der Waals surface area contributed by atoms with Crippen LogP contribution < -0.4 is 14.8 Å². The van der Waals surface area contributed by atoms with Crippen molar-refractivity contribution in [3.63, 3.8) is 0 Å². The second kappa shape index (κ2) is 5.08. The summed E-state index contributed by atoms with van der Waals surface area (Å²) in [5.74, 6) is 1.76. The first-order chi connectivity index (χ1) is 8.26. The van der Waals surface area contributed by atoms with E-state index in [1.165, 1.54) is 0 Å². The number of ether oxygens (including phenoxy) is 2. The number of amides is 1.